The third-order valence-electron chi connectivity index (χ3n) is 4.85. The van der Waals surface area contributed by atoms with E-state index in [1.165, 1.54) is 31.2 Å². The number of hydrogen-bond acceptors (Lipinski definition) is 6. The van der Waals surface area contributed by atoms with Crippen LogP contribution in [0.3, 0.4) is 0 Å². The maximum Gasteiger partial charge on any atom is 0.473 e. The number of fused-ring (bicyclic) bond motifs is 2. The maximum absolute atomic E-state index is 13.2. The van der Waals surface area contributed by atoms with Gasteiger partial charge in [-0.05, 0) is 43.2 Å². The summed E-state index contributed by atoms with van der Waals surface area (Å²) in [6.45, 7) is 1.61. The summed E-state index contributed by atoms with van der Waals surface area (Å²) in [5, 5.41) is 15.4. The Kier molecular flexibility index (Phi) is 4.69. The van der Waals surface area contributed by atoms with Gasteiger partial charge in [-0.2, -0.15) is 23.2 Å². The number of benzene rings is 2. The van der Waals surface area contributed by atoms with Crippen molar-refractivity contribution in [2.45, 2.75) is 32.2 Å². The highest BCUT2D eigenvalue weighted by Gasteiger charge is 2.45. The van der Waals surface area contributed by atoms with Crippen LogP contribution in [-0.4, -0.2) is 33.8 Å². The van der Waals surface area contributed by atoms with Crippen molar-refractivity contribution in [3.8, 4) is 5.75 Å². The largest absolute Gasteiger partial charge is 0.473 e. The van der Waals surface area contributed by atoms with Crippen LogP contribution in [0.5, 0.6) is 5.75 Å². The number of nitro groups is 1. The van der Waals surface area contributed by atoms with E-state index in [4.69, 9.17) is 9.78 Å². The molecule has 1 atom stereocenters. The summed E-state index contributed by atoms with van der Waals surface area (Å²) in [5.41, 5.74) is 2.03. The van der Waals surface area contributed by atoms with Gasteiger partial charge in [0.05, 0.1) is 16.7 Å². The van der Waals surface area contributed by atoms with Crippen molar-refractivity contribution >= 4 is 17.3 Å². The van der Waals surface area contributed by atoms with E-state index < -0.39 is 23.0 Å². The van der Waals surface area contributed by atoms with Gasteiger partial charge in [0.15, 0.2) is 5.75 Å². The molecule has 11 heteroatoms. The SMILES string of the molecule is CC1Cc2cc3c(cc2C(c2ccc([N+](=O)[O-])cc2)=NN1C(=O)C(F)(F)F)COO3. The lowest BCUT2D eigenvalue weighted by atomic mass is 9.92. The number of carbonyl (C=O) groups is 1. The fourth-order valence-electron chi connectivity index (χ4n) is 3.40. The highest BCUT2D eigenvalue weighted by Crippen LogP contribution is 2.34. The monoisotopic (exact) mass is 421 g/mol. The molecule has 0 radical (unpaired) electrons. The molecule has 0 fully saturated rings. The van der Waals surface area contributed by atoms with E-state index in [1.807, 2.05) is 0 Å². The number of hydrogen-bond donors (Lipinski definition) is 0. The average Bonchev–Trinajstić information content (AvgIpc) is 3.09. The van der Waals surface area contributed by atoms with Crippen molar-refractivity contribution in [2.24, 2.45) is 5.10 Å². The molecule has 0 saturated carbocycles. The van der Waals surface area contributed by atoms with Gasteiger partial charge in [-0.1, -0.05) is 0 Å². The first-order valence-corrected chi connectivity index (χ1v) is 8.84. The van der Waals surface area contributed by atoms with Crippen molar-refractivity contribution in [3.63, 3.8) is 0 Å². The zero-order valence-corrected chi connectivity index (χ0v) is 15.5. The zero-order chi connectivity index (χ0) is 21.6. The predicted molar refractivity (Wildman–Crippen MR) is 96.7 cm³/mol. The van der Waals surface area contributed by atoms with Crippen molar-refractivity contribution in [1.29, 1.82) is 0 Å². The summed E-state index contributed by atoms with van der Waals surface area (Å²) in [5.74, 6) is -1.64. The minimum atomic E-state index is -5.10. The molecule has 1 unspecified atom stereocenters. The van der Waals surface area contributed by atoms with Crippen molar-refractivity contribution < 1.29 is 32.7 Å². The number of nitrogens with zero attached hydrogens (tertiary/aromatic N) is 3. The second-order valence-corrected chi connectivity index (χ2v) is 6.92. The van der Waals surface area contributed by atoms with Crippen LogP contribution in [0.4, 0.5) is 18.9 Å². The summed E-state index contributed by atoms with van der Waals surface area (Å²) in [6.07, 6.45) is -5.01. The van der Waals surface area contributed by atoms with E-state index in [0.717, 1.165) is 0 Å². The first kappa shape index (κ1) is 19.8. The van der Waals surface area contributed by atoms with Gasteiger partial charge in [0, 0.05) is 28.8 Å². The van der Waals surface area contributed by atoms with Crippen molar-refractivity contribution in [3.05, 3.63) is 68.8 Å². The highest BCUT2D eigenvalue weighted by atomic mass is 19.4. The number of non-ortho nitro benzene ring substituents is 1. The zero-order valence-electron chi connectivity index (χ0n) is 15.5. The molecule has 0 N–H and O–H groups in total. The molecule has 0 saturated heterocycles. The molecule has 2 aromatic carbocycles. The quantitative estimate of drug-likeness (QED) is 0.420. The lowest BCUT2D eigenvalue weighted by molar-refractivity contribution is -0.384. The Morgan fingerprint density at radius 2 is 1.93 bits per heavy atom. The van der Waals surface area contributed by atoms with Crippen LogP contribution in [0.2, 0.25) is 0 Å². The summed E-state index contributed by atoms with van der Waals surface area (Å²) in [6, 6.07) is 7.65. The lowest BCUT2D eigenvalue weighted by Gasteiger charge is -2.24. The number of halogens is 3. The molecule has 156 valence electrons. The molecule has 4 rings (SSSR count). The molecule has 1 amide bonds. The van der Waals surface area contributed by atoms with Gasteiger partial charge in [0.25, 0.3) is 5.69 Å². The normalized spacial score (nSPS) is 18.1. The molecule has 0 spiro atoms. The van der Waals surface area contributed by atoms with Gasteiger partial charge in [0.2, 0.25) is 0 Å². The lowest BCUT2D eigenvalue weighted by Crippen LogP contribution is -2.43. The van der Waals surface area contributed by atoms with E-state index in [-0.39, 0.29) is 24.4 Å². The highest BCUT2D eigenvalue weighted by molar-refractivity contribution is 6.14. The van der Waals surface area contributed by atoms with Crippen molar-refractivity contribution in [1.82, 2.24) is 5.01 Å². The molecule has 2 heterocycles. The Hall–Kier alpha value is -3.47. The Bertz CT molecular complexity index is 1070. The summed E-state index contributed by atoms with van der Waals surface area (Å²) in [4.78, 5) is 32.4. The predicted octanol–water partition coefficient (Wildman–Crippen LogP) is 3.51. The number of rotatable bonds is 2. The number of alkyl halides is 3. The molecular weight excluding hydrogens is 407 g/mol. The minimum Gasteiger partial charge on any atom is -0.337 e. The maximum atomic E-state index is 13.2. The number of hydrazone groups is 1. The molecule has 2 aliphatic rings. The second kappa shape index (κ2) is 7.10. The van der Waals surface area contributed by atoms with Gasteiger partial charge in [0.1, 0.15) is 6.61 Å². The molecule has 2 aliphatic heterocycles. The van der Waals surface area contributed by atoms with E-state index in [2.05, 4.69) is 5.10 Å². The summed E-state index contributed by atoms with van der Waals surface area (Å²) < 4.78 is 39.5. The van der Waals surface area contributed by atoms with Crippen LogP contribution in [0.1, 0.15) is 29.2 Å². The van der Waals surface area contributed by atoms with Gasteiger partial charge < -0.3 is 4.89 Å². The van der Waals surface area contributed by atoms with E-state index in [9.17, 15) is 28.1 Å². The van der Waals surface area contributed by atoms with Gasteiger partial charge in [-0.15, -0.1) is 0 Å². The van der Waals surface area contributed by atoms with Crippen LogP contribution in [-0.2, 0) is 22.7 Å². The standard InChI is InChI=1S/C19H14F3N3O5/c1-10-6-12-8-16-13(9-29-30-16)7-15(12)17(23-24(10)18(26)19(20,21)22)11-2-4-14(5-3-11)25(27)28/h2-5,7-8,10H,6,9H2,1H3. The topological polar surface area (TPSA) is 94.3 Å². The Balaban J connectivity index is 1.89. The minimum absolute atomic E-state index is 0.0910. The first-order valence-electron chi connectivity index (χ1n) is 8.84. The number of nitro benzene ring substituents is 1. The van der Waals surface area contributed by atoms with Crippen LogP contribution in [0.25, 0.3) is 0 Å². The third kappa shape index (κ3) is 3.47. The van der Waals surface area contributed by atoms with E-state index >= 15 is 0 Å². The summed E-state index contributed by atoms with van der Waals surface area (Å²) in [7, 11) is 0. The molecule has 2 aromatic rings. The van der Waals surface area contributed by atoms with Gasteiger partial charge in [-0.25, -0.2) is 5.01 Å². The number of carbonyl (C=O) groups excluding carboxylic acids is 1. The molecule has 0 bridgehead atoms. The second-order valence-electron chi connectivity index (χ2n) is 6.92. The van der Waals surface area contributed by atoms with E-state index in [1.54, 1.807) is 12.1 Å². The fourth-order valence-corrected chi connectivity index (χ4v) is 3.40. The molecule has 0 aliphatic carbocycles. The molecular formula is C19H14F3N3O5. The Labute approximate surface area is 167 Å². The van der Waals surface area contributed by atoms with Crippen LogP contribution in [0, 0.1) is 10.1 Å². The Morgan fingerprint density at radius 3 is 2.57 bits per heavy atom. The summed E-state index contributed by atoms with van der Waals surface area (Å²) >= 11 is 0. The first-order chi connectivity index (χ1) is 14.1. The smallest absolute Gasteiger partial charge is 0.337 e. The van der Waals surface area contributed by atoms with Crippen molar-refractivity contribution in [2.75, 3.05) is 0 Å². The average molecular weight is 421 g/mol. The molecule has 8 nitrogen and oxygen atoms in total. The number of amides is 1. The molecule has 30 heavy (non-hydrogen) atoms. The fraction of sp³-hybridized carbons (Fsp3) is 0.263. The Morgan fingerprint density at radius 1 is 1.23 bits per heavy atom. The van der Waals surface area contributed by atoms with Crippen LogP contribution < -0.4 is 4.89 Å². The van der Waals surface area contributed by atoms with Gasteiger partial charge >= 0.3 is 12.1 Å². The van der Waals surface area contributed by atoms with Gasteiger partial charge in [-0.3, -0.25) is 14.9 Å². The third-order valence-corrected chi connectivity index (χ3v) is 4.85. The van der Waals surface area contributed by atoms with Crippen LogP contribution in [0.15, 0.2) is 41.5 Å². The van der Waals surface area contributed by atoms with E-state index in [0.29, 0.717) is 33.0 Å². The molecule has 0 aromatic heterocycles. The van der Waals surface area contributed by atoms with Crippen LogP contribution >= 0.6 is 0 Å².